The fourth-order valence-electron chi connectivity index (χ4n) is 12.9. The quantitative estimate of drug-likeness (QED) is 0.176. The molecule has 1 atom stereocenters. The van der Waals surface area contributed by atoms with Crippen molar-refractivity contribution in [2.45, 2.75) is 37.5 Å². The van der Waals surface area contributed by atoms with Crippen molar-refractivity contribution in [3.8, 4) is 50.9 Å². The van der Waals surface area contributed by atoms with Crippen LogP contribution in [0, 0.1) is 0 Å². The maximum Gasteiger partial charge on any atom is 0.194 e. The predicted molar refractivity (Wildman–Crippen MR) is 277 cm³/mol. The first-order valence-corrected chi connectivity index (χ1v) is 23.9. The Balaban J connectivity index is 0.955. The summed E-state index contributed by atoms with van der Waals surface area (Å²) < 4.78 is 17.0. The molecule has 68 heavy (non-hydrogen) atoms. The standard InChI is InChI=1S/C64H44N2O2/c1-63(2)49-24-11-6-19-42(49)45-33-31-41(38-54(45)63)65(40-32-35-56-48(37-40)46-22-10-15-28-55(46)66(56)39-17-4-3-5-18-39)57-29-16-30-58-61(57)68-62-59(67-58)36-34-53-60(62)47-23-9-14-27-52(47)64(53)50-25-12-7-20-43(50)44-21-8-13-26-51(44)64/h3-7,9-20,22-38H,8,21H2,1-2H3. The van der Waals surface area contributed by atoms with Crippen LogP contribution in [0.15, 0.2) is 212 Å². The van der Waals surface area contributed by atoms with Crippen LogP contribution in [0.2, 0.25) is 0 Å². The van der Waals surface area contributed by atoms with Gasteiger partial charge in [-0.3, -0.25) is 0 Å². The Morgan fingerprint density at radius 2 is 1.16 bits per heavy atom. The van der Waals surface area contributed by atoms with Gasteiger partial charge < -0.3 is 18.9 Å². The fourth-order valence-corrected chi connectivity index (χ4v) is 12.9. The van der Waals surface area contributed by atoms with Gasteiger partial charge in [-0.1, -0.05) is 153 Å². The lowest BCUT2D eigenvalue weighted by Crippen LogP contribution is -2.27. The van der Waals surface area contributed by atoms with Gasteiger partial charge in [0.05, 0.1) is 22.1 Å². The van der Waals surface area contributed by atoms with Crippen molar-refractivity contribution in [1.29, 1.82) is 0 Å². The van der Waals surface area contributed by atoms with Gasteiger partial charge in [-0.05, 0) is 141 Å². The summed E-state index contributed by atoms with van der Waals surface area (Å²) in [4.78, 5) is 2.39. The van der Waals surface area contributed by atoms with Crippen LogP contribution in [0.3, 0.4) is 0 Å². The molecule has 1 aliphatic heterocycles. The lowest BCUT2D eigenvalue weighted by atomic mass is 9.69. The maximum atomic E-state index is 7.56. The van der Waals surface area contributed by atoms with E-state index in [1.807, 2.05) is 6.07 Å². The summed E-state index contributed by atoms with van der Waals surface area (Å²) in [5.41, 5.74) is 21.4. The summed E-state index contributed by atoms with van der Waals surface area (Å²) in [6.07, 6.45) is 6.84. The molecule has 0 N–H and O–H groups in total. The van der Waals surface area contributed by atoms with Gasteiger partial charge in [-0.2, -0.15) is 0 Å². The summed E-state index contributed by atoms with van der Waals surface area (Å²) in [6.45, 7) is 4.70. The molecule has 15 rings (SSSR count). The Morgan fingerprint density at radius 1 is 0.485 bits per heavy atom. The zero-order valence-corrected chi connectivity index (χ0v) is 37.8. The minimum Gasteiger partial charge on any atom is -0.449 e. The monoisotopic (exact) mass is 872 g/mol. The van der Waals surface area contributed by atoms with E-state index >= 15 is 0 Å². The Kier molecular flexibility index (Phi) is 7.58. The minimum atomic E-state index is -0.456. The molecule has 1 aromatic heterocycles. The van der Waals surface area contributed by atoms with Crippen LogP contribution in [0.25, 0.3) is 55.3 Å². The molecule has 0 amide bonds. The molecule has 0 saturated heterocycles. The van der Waals surface area contributed by atoms with E-state index in [1.54, 1.807) is 0 Å². The van der Waals surface area contributed by atoms with Gasteiger partial charge in [-0.15, -0.1) is 0 Å². The number of para-hydroxylation sites is 3. The molecular weight excluding hydrogens is 829 g/mol. The minimum absolute atomic E-state index is 0.194. The average Bonchev–Trinajstić information content (AvgIpc) is 4.06. The topological polar surface area (TPSA) is 26.6 Å². The molecule has 4 nitrogen and oxygen atoms in total. The van der Waals surface area contributed by atoms with Gasteiger partial charge in [0.1, 0.15) is 0 Å². The third kappa shape index (κ3) is 4.84. The second kappa shape index (κ2) is 13.6. The van der Waals surface area contributed by atoms with Crippen molar-refractivity contribution in [3.63, 3.8) is 0 Å². The highest BCUT2D eigenvalue weighted by molar-refractivity contribution is 6.11. The van der Waals surface area contributed by atoms with E-state index in [9.17, 15) is 0 Å². The summed E-state index contributed by atoms with van der Waals surface area (Å²) in [7, 11) is 0. The Labute approximate surface area is 395 Å². The molecule has 1 spiro atoms. The molecule has 10 aromatic rings. The molecular formula is C64H44N2O2. The Hall–Kier alpha value is -8.34. The van der Waals surface area contributed by atoms with Crippen LogP contribution in [-0.2, 0) is 10.8 Å². The molecule has 9 aromatic carbocycles. The number of fused-ring (bicyclic) bond motifs is 18. The van der Waals surface area contributed by atoms with E-state index in [-0.39, 0.29) is 5.41 Å². The number of allylic oxidation sites excluding steroid dienone is 4. The van der Waals surface area contributed by atoms with E-state index in [0.29, 0.717) is 11.5 Å². The van der Waals surface area contributed by atoms with E-state index in [1.165, 1.54) is 77.5 Å². The zero-order chi connectivity index (χ0) is 44.9. The lowest BCUT2D eigenvalue weighted by molar-refractivity contribution is 0.361. The molecule has 0 fully saturated rings. The van der Waals surface area contributed by atoms with E-state index in [4.69, 9.17) is 9.47 Å². The van der Waals surface area contributed by atoms with Crippen molar-refractivity contribution in [3.05, 3.63) is 245 Å². The van der Waals surface area contributed by atoms with Crippen molar-refractivity contribution in [2.24, 2.45) is 0 Å². The second-order valence-electron chi connectivity index (χ2n) is 19.4. The molecule has 4 heteroatoms. The Bertz CT molecular complexity index is 3910. The normalized spacial score (nSPS) is 17.1. The fraction of sp³-hybridized carbons (Fsp3) is 0.0938. The van der Waals surface area contributed by atoms with Crippen LogP contribution in [-0.4, -0.2) is 4.57 Å². The van der Waals surface area contributed by atoms with Crippen LogP contribution in [0.1, 0.15) is 60.1 Å². The zero-order valence-electron chi connectivity index (χ0n) is 37.8. The first kappa shape index (κ1) is 37.8. The molecule has 1 unspecified atom stereocenters. The molecule has 0 radical (unpaired) electrons. The molecule has 2 heterocycles. The van der Waals surface area contributed by atoms with E-state index < -0.39 is 5.41 Å². The summed E-state index contributed by atoms with van der Waals surface area (Å²) in [6, 6.07) is 71.0. The van der Waals surface area contributed by atoms with Crippen molar-refractivity contribution in [2.75, 3.05) is 4.90 Å². The third-order valence-corrected chi connectivity index (χ3v) is 15.7. The number of hydrogen-bond donors (Lipinski definition) is 0. The van der Waals surface area contributed by atoms with Gasteiger partial charge in [0.15, 0.2) is 23.0 Å². The molecule has 0 saturated carbocycles. The summed E-state index contributed by atoms with van der Waals surface area (Å²) in [5, 5.41) is 2.38. The largest absolute Gasteiger partial charge is 0.449 e. The van der Waals surface area contributed by atoms with Gasteiger partial charge >= 0.3 is 0 Å². The van der Waals surface area contributed by atoms with Crippen LogP contribution >= 0.6 is 0 Å². The number of nitrogens with zero attached hydrogens (tertiary/aromatic N) is 2. The number of anilines is 3. The number of aromatic nitrogens is 1. The smallest absolute Gasteiger partial charge is 0.194 e. The van der Waals surface area contributed by atoms with Crippen molar-refractivity contribution < 1.29 is 9.47 Å². The maximum absolute atomic E-state index is 7.56. The highest BCUT2D eigenvalue weighted by Gasteiger charge is 2.54. The summed E-state index contributed by atoms with van der Waals surface area (Å²) >= 11 is 0. The number of ether oxygens (including phenoxy) is 2. The number of benzene rings is 9. The van der Waals surface area contributed by atoms with Crippen molar-refractivity contribution >= 4 is 44.4 Å². The predicted octanol–water partition coefficient (Wildman–Crippen LogP) is 16.9. The summed E-state index contributed by atoms with van der Waals surface area (Å²) in [5.74, 6) is 2.85. The first-order chi connectivity index (χ1) is 33.5. The lowest BCUT2D eigenvalue weighted by Gasteiger charge is -2.33. The first-order valence-electron chi connectivity index (χ1n) is 23.9. The Morgan fingerprint density at radius 3 is 2.03 bits per heavy atom. The van der Waals surface area contributed by atoms with Crippen molar-refractivity contribution in [1.82, 2.24) is 4.57 Å². The number of rotatable bonds is 4. The van der Waals surface area contributed by atoms with Gasteiger partial charge in [0, 0.05) is 38.8 Å². The van der Waals surface area contributed by atoms with Gasteiger partial charge in [-0.25, -0.2) is 0 Å². The molecule has 5 aliphatic rings. The van der Waals surface area contributed by atoms with E-state index in [0.717, 1.165) is 58.2 Å². The molecule has 4 aliphatic carbocycles. The van der Waals surface area contributed by atoms with Gasteiger partial charge in [0.2, 0.25) is 0 Å². The highest BCUT2D eigenvalue weighted by atomic mass is 16.6. The van der Waals surface area contributed by atoms with Crippen LogP contribution in [0.4, 0.5) is 17.1 Å². The van der Waals surface area contributed by atoms with E-state index in [2.05, 4.69) is 224 Å². The van der Waals surface area contributed by atoms with Gasteiger partial charge in [0.25, 0.3) is 0 Å². The molecule has 322 valence electrons. The van der Waals surface area contributed by atoms with Crippen LogP contribution in [0.5, 0.6) is 23.0 Å². The number of hydrogen-bond acceptors (Lipinski definition) is 3. The average molecular weight is 873 g/mol. The third-order valence-electron chi connectivity index (χ3n) is 15.7. The van der Waals surface area contributed by atoms with Crippen LogP contribution < -0.4 is 14.4 Å². The molecule has 0 bridgehead atoms. The highest BCUT2D eigenvalue weighted by Crippen LogP contribution is 2.67. The SMILES string of the molecule is CC1(C)c2ccccc2-c2ccc(N(c3ccc4c(c3)c3ccccc3n4-c3ccccc3)c3cccc4c3Oc3c(ccc5c3-c3ccccc3C53C5=C(CCC=C5)c5ccccc53)O4)cc21. The second-order valence-corrected chi connectivity index (χ2v) is 19.4.